The highest BCUT2D eigenvalue weighted by molar-refractivity contribution is 5.48. The van der Waals surface area contributed by atoms with Crippen molar-refractivity contribution in [1.29, 1.82) is 0 Å². The third-order valence-corrected chi connectivity index (χ3v) is 6.28. The van der Waals surface area contributed by atoms with Crippen molar-refractivity contribution in [1.82, 2.24) is 0 Å². The Bertz CT molecular complexity index is 835. The van der Waals surface area contributed by atoms with Crippen molar-refractivity contribution in [2.45, 2.75) is 66.2 Å². The van der Waals surface area contributed by atoms with Gasteiger partial charge in [-0.3, -0.25) is 0 Å². The average molecular weight is 363 g/mol. The highest BCUT2D eigenvalue weighted by Crippen LogP contribution is 2.31. The third kappa shape index (κ3) is 5.23. The van der Waals surface area contributed by atoms with E-state index >= 15 is 0 Å². The van der Waals surface area contributed by atoms with Gasteiger partial charge in [-0.2, -0.15) is 0 Å². The lowest BCUT2D eigenvalue weighted by molar-refractivity contribution is 0.277. The van der Waals surface area contributed by atoms with Gasteiger partial charge in [-0.05, 0) is 92.0 Å². The third-order valence-electron chi connectivity index (χ3n) is 6.28. The Kier molecular flexibility index (Phi) is 6.38. The minimum atomic E-state index is -0.196. The second kappa shape index (κ2) is 8.75. The van der Waals surface area contributed by atoms with Crippen LogP contribution in [0.25, 0.3) is 0 Å². The molecule has 0 heterocycles. The lowest BCUT2D eigenvalue weighted by atomic mass is 9.80. The molecule has 27 heavy (non-hydrogen) atoms. The van der Waals surface area contributed by atoms with E-state index in [1.165, 1.54) is 48.8 Å². The van der Waals surface area contributed by atoms with E-state index in [0.717, 1.165) is 29.4 Å². The largest absolute Gasteiger partial charge is 0.206 e. The van der Waals surface area contributed by atoms with Crippen LogP contribution in [0.3, 0.4) is 0 Å². The molecule has 0 aliphatic heterocycles. The summed E-state index contributed by atoms with van der Waals surface area (Å²) in [5.41, 5.74) is 6.29. The molecule has 0 atom stereocenters. The van der Waals surface area contributed by atoms with Crippen LogP contribution in [0.2, 0.25) is 0 Å². The summed E-state index contributed by atoms with van der Waals surface area (Å²) in [5.74, 6) is 7.65. The van der Waals surface area contributed by atoms with E-state index in [-0.39, 0.29) is 5.82 Å². The molecule has 0 bridgehead atoms. The molecule has 1 aliphatic carbocycles. The SMILES string of the molecule is Cc1cc(C#Cc2ccc(CCC3CCC(C)CC3)cc2F)cc(C)c1C. The molecule has 0 amide bonds. The van der Waals surface area contributed by atoms with Crippen LogP contribution in [0.15, 0.2) is 30.3 Å². The summed E-state index contributed by atoms with van der Waals surface area (Å²) in [6.07, 6.45) is 7.53. The van der Waals surface area contributed by atoms with E-state index in [9.17, 15) is 4.39 Å². The number of hydrogen-bond donors (Lipinski definition) is 0. The van der Waals surface area contributed by atoms with Crippen LogP contribution in [0, 0.1) is 50.3 Å². The molecule has 1 fully saturated rings. The van der Waals surface area contributed by atoms with Crippen LogP contribution < -0.4 is 0 Å². The molecular weight excluding hydrogens is 331 g/mol. The second-order valence-corrected chi connectivity index (χ2v) is 8.46. The number of benzene rings is 2. The van der Waals surface area contributed by atoms with Crippen molar-refractivity contribution in [3.63, 3.8) is 0 Å². The van der Waals surface area contributed by atoms with Crippen LogP contribution in [-0.4, -0.2) is 0 Å². The molecular formula is C26H31F. The first-order valence-corrected chi connectivity index (χ1v) is 10.3. The molecule has 1 heteroatoms. The molecule has 0 unspecified atom stereocenters. The van der Waals surface area contributed by atoms with Crippen LogP contribution in [0.4, 0.5) is 4.39 Å². The fourth-order valence-corrected chi connectivity index (χ4v) is 4.05. The van der Waals surface area contributed by atoms with E-state index in [2.05, 4.69) is 51.7 Å². The summed E-state index contributed by atoms with van der Waals surface area (Å²) in [4.78, 5) is 0. The molecule has 142 valence electrons. The molecule has 0 radical (unpaired) electrons. The Morgan fingerprint density at radius 2 is 1.59 bits per heavy atom. The quantitative estimate of drug-likeness (QED) is 0.520. The van der Waals surface area contributed by atoms with Crippen molar-refractivity contribution in [2.24, 2.45) is 11.8 Å². The summed E-state index contributed by atoms with van der Waals surface area (Å²) in [6.45, 7) is 8.66. The fourth-order valence-electron chi connectivity index (χ4n) is 4.05. The summed E-state index contributed by atoms with van der Waals surface area (Å²) in [6, 6.07) is 9.72. The first-order chi connectivity index (χ1) is 12.9. The first kappa shape index (κ1) is 19.7. The number of aryl methyl sites for hydroxylation is 3. The summed E-state index contributed by atoms with van der Waals surface area (Å²) < 4.78 is 14.5. The molecule has 1 aliphatic rings. The van der Waals surface area contributed by atoms with Crippen molar-refractivity contribution >= 4 is 0 Å². The Labute approximate surface area is 164 Å². The van der Waals surface area contributed by atoms with E-state index in [4.69, 9.17) is 0 Å². The topological polar surface area (TPSA) is 0 Å². The lowest BCUT2D eigenvalue weighted by Crippen LogP contribution is -2.12. The van der Waals surface area contributed by atoms with Gasteiger partial charge in [0.1, 0.15) is 5.82 Å². The zero-order chi connectivity index (χ0) is 19.4. The highest BCUT2D eigenvalue weighted by atomic mass is 19.1. The predicted molar refractivity (Wildman–Crippen MR) is 112 cm³/mol. The molecule has 0 saturated heterocycles. The molecule has 2 aromatic carbocycles. The van der Waals surface area contributed by atoms with Crippen LogP contribution in [0.1, 0.15) is 72.4 Å². The van der Waals surface area contributed by atoms with Crippen molar-refractivity contribution in [3.8, 4) is 11.8 Å². The van der Waals surface area contributed by atoms with Crippen LogP contribution >= 0.6 is 0 Å². The van der Waals surface area contributed by atoms with E-state index in [1.54, 1.807) is 6.07 Å². The Hall–Kier alpha value is -2.07. The van der Waals surface area contributed by atoms with Crippen LogP contribution in [0.5, 0.6) is 0 Å². The van der Waals surface area contributed by atoms with Crippen molar-refractivity contribution in [2.75, 3.05) is 0 Å². The molecule has 0 N–H and O–H groups in total. The normalized spacial score (nSPS) is 19.4. The average Bonchev–Trinajstić information content (AvgIpc) is 2.65. The summed E-state index contributed by atoms with van der Waals surface area (Å²) >= 11 is 0. The van der Waals surface area contributed by atoms with E-state index in [1.807, 2.05) is 12.1 Å². The molecule has 2 aromatic rings. The summed E-state index contributed by atoms with van der Waals surface area (Å²) in [7, 11) is 0. The van der Waals surface area contributed by atoms with Gasteiger partial charge >= 0.3 is 0 Å². The van der Waals surface area contributed by atoms with Gasteiger partial charge in [-0.25, -0.2) is 4.39 Å². The Balaban J connectivity index is 1.65. The standard InChI is InChI=1S/C26H31F/c1-18-5-7-22(8-6-18)9-10-23-11-13-25(26(27)17-23)14-12-24-15-19(2)21(4)20(3)16-24/h11,13,15-18,22H,5-10H2,1-4H3. The maximum Gasteiger partial charge on any atom is 0.139 e. The minimum absolute atomic E-state index is 0.196. The van der Waals surface area contributed by atoms with Gasteiger partial charge in [0.2, 0.25) is 0 Å². The van der Waals surface area contributed by atoms with Gasteiger partial charge in [-0.15, -0.1) is 0 Å². The molecule has 3 rings (SSSR count). The predicted octanol–water partition coefficient (Wildman–Crippen LogP) is 6.91. The van der Waals surface area contributed by atoms with Gasteiger partial charge in [0, 0.05) is 5.56 Å². The van der Waals surface area contributed by atoms with Crippen molar-refractivity contribution in [3.05, 3.63) is 69.5 Å². The highest BCUT2D eigenvalue weighted by Gasteiger charge is 2.18. The Morgan fingerprint density at radius 1 is 0.926 bits per heavy atom. The molecule has 0 nitrogen and oxygen atoms in total. The number of hydrogen-bond acceptors (Lipinski definition) is 0. The zero-order valence-corrected chi connectivity index (χ0v) is 17.2. The van der Waals surface area contributed by atoms with Gasteiger partial charge in [0.15, 0.2) is 0 Å². The van der Waals surface area contributed by atoms with E-state index < -0.39 is 0 Å². The second-order valence-electron chi connectivity index (χ2n) is 8.46. The molecule has 0 spiro atoms. The monoisotopic (exact) mass is 362 g/mol. The zero-order valence-electron chi connectivity index (χ0n) is 17.2. The van der Waals surface area contributed by atoms with Gasteiger partial charge in [-0.1, -0.05) is 50.5 Å². The lowest BCUT2D eigenvalue weighted by Gasteiger charge is -2.26. The Morgan fingerprint density at radius 3 is 2.22 bits per heavy atom. The van der Waals surface area contributed by atoms with Crippen LogP contribution in [-0.2, 0) is 6.42 Å². The van der Waals surface area contributed by atoms with Gasteiger partial charge in [0.25, 0.3) is 0 Å². The fraction of sp³-hybridized carbons (Fsp3) is 0.462. The number of halogens is 1. The maximum atomic E-state index is 14.5. The van der Waals surface area contributed by atoms with Crippen molar-refractivity contribution < 1.29 is 4.39 Å². The summed E-state index contributed by atoms with van der Waals surface area (Å²) in [5, 5.41) is 0. The van der Waals surface area contributed by atoms with Gasteiger partial charge in [0.05, 0.1) is 5.56 Å². The smallest absolute Gasteiger partial charge is 0.139 e. The molecule has 0 aromatic heterocycles. The first-order valence-electron chi connectivity index (χ1n) is 10.3. The van der Waals surface area contributed by atoms with Gasteiger partial charge < -0.3 is 0 Å². The maximum absolute atomic E-state index is 14.5. The van der Waals surface area contributed by atoms with E-state index in [0.29, 0.717) is 5.56 Å². The number of rotatable bonds is 3. The molecule has 1 saturated carbocycles. The minimum Gasteiger partial charge on any atom is -0.206 e.